The highest BCUT2D eigenvalue weighted by Crippen LogP contribution is 2.28. The minimum Gasteiger partial charge on any atom is -0.481 e. The summed E-state index contributed by atoms with van der Waals surface area (Å²) in [5, 5.41) is 3.33. The van der Waals surface area contributed by atoms with Gasteiger partial charge in [0, 0.05) is 38.3 Å². The Balaban J connectivity index is 0.00000243. The van der Waals surface area contributed by atoms with Crippen LogP contribution in [0, 0.1) is 12.3 Å². The Labute approximate surface area is 172 Å². The third kappa shape index (κ3) is 5.04. The van der Waals surface area contributed by atoms with Crippen molar-refractivity contribution in [3.63, 3.8) is 0 Å². The van der Waals surface area contributed by atoms with Crippen LogP contribution in [0.4, 0.5) is 0 Å². The molecule has 1 amide bonds. The number of hydrogen-bond donors (Lipinski definition) is 1. The Morgan fingerprint density at radius 1 is 1.38 bits per heavy atom. The molecule has 1 heterocycles. The summed E-state index contributed by atoms with van der Waals surface area (Å²) < 4.78 is 5.57. The molecule has 2 aliphatic rings. The molecule has 1 saturated carbocycles. The number of halogens is 1. The van der Waals surface area contributed by atoms with Crippen LogP contribution >= 0.6 is 24.0 Å². The van der Waals surface area contributed by atoms with Crippen LogP contribution in [-0.2, 0) is 11.3 Å². The molecule has 26 heavy (non-hydrogen) atoms. The predicted molar refractivity (Wildman–Crippen MR) is 113 cm³/mol. The van der Waals surface area contributed by atoms with Crippen LogP contribution in [-0.4, -0.2) is 61.0 Å². The van der Waals surface area contributed by atoms with Gasteiger partial charge in [0.1, 0.15) is 12.4 Å². The molecule has 1 aliphatic carbocycles. The van der Waals surface area contributed by atoms with Gasteiger partial charge in [-0.05, 0) is 18.9 Å². The molecule has 1 aliphatic heterocycles. The second-order valence-electron chi connectivity index (χ2n) is 6.24. The highest BCUT2D eigenvalue weighted by Gasteiger charge is 2.36. The minimum absolute atomic E-state index is 0. The fourth-order valence-corrected chi connectivity index (χ4v) is 3.06. The van der Waals surface area contributed by atoms with Crippen molar-refractivity contribution < 1.29 is 9.53 Å². The zero-order valence-electron chi connectivity index (χ0n) is 15.0. The standard InChI is InChI=1S/C19H24N4O2.HI/c1-3-12-25-17-7-5-4-6-15(17)13-21-19(20-2)22-10-11-23(16-8-9-16)18(24)14-22;/h1,4-7,16H,8-14H2,2H3,(H,20,21);1H. The summed E-state index contributed by atoms with van der Waals surface area (Å²) in [5.41, 5.74) is 1.00. The Morgan fingerprint density at radius 3 is 2.81 bits per heavy atom. The van der Waals surface area contributed by atoms with Crippen molar-refractivity contribution in [2.45, 2.75) is 25.4 Å². The number of guanidine groups is 1. The Morgan fingerprint density at radius 2 is 2.15 bits per heavy atom. The molecule has 2 fully saturated rings. The van der Waals surface area contributed by atoms with E-state index in [0.29, 0.717) is 19.1 Å². The Bertz CT molecular complexity index is 697. The largest absolute Gasteiger partial charge is 0.481 e. The number of rotatable bonds is 5. The van der Waals surface area contributed by atoms with Crippen molar-refractivity contribution in [1.82, 2.24) is 15.1 Å². The van der Waals surface area contributed by atoms with Gasteiger partial charge in [-0.15, -0.1) is 30.4 Å². The average molecular weight is 468 g/mol. The van der Waals surface area contributed by atoms with E-state index in [4.69, 9.17) is 11.2 Å². The SMILES string of the molecule is C#CCOc1ccccc1CNC(=NC)N1CCN(C2CC2)C(=O)C1.I. The molecule has 7 heteroatoms. The van der Waals surface area contributed by atoms with Crippen molar-refractivity contribution in [3.05, 3.63) is 29.8 Å². The number of carbonyl (C=O) groups is 1. The number of para-hydroxylation sites is 1. The molecule has 0 spiro atoms. The maximum atomic E-state index is 12.3. The van der Waals surface area contributed by atoms with Crippen LogP contribution in [0.3, 0.4) is 0 Å². The summed E-state index contributed by atoms with van der Waals surface area (Å²) in [6.07, 6.45) is 7.56. The number of nitrogens with one attached hydrogen (secondary N) is 1. The first-order valence-corrected chi connectivity index (χ1v) is 8.62. The number of ether oxygens (including phenoxy) is 1. The number of amides is 1. The summed E-state index contributed by atoms with van der Waals surface area (Å²) in [6.45, 7) is 2.75. The molecule has 1 aromatic rings. The van der Waals surface area contributed by atoms with Gasteiger partial charge in [-0.25, -0.2) is 0 Å². The zero-order valence-corrected chi connectivity index (χ0v) is 17.3. The smallest absolute Gasteiger partial charge is 0.242 e. The van der Waals surface area contributed by atoms with Crippen LogP contribution in [0.2, 0.25) is 0 Å². The first-order chi connectivity index (χ1) is 12.2. The molecule has 0 unspecified atom stereocenters. The second kappa shape index (κ2) is 9.67. The van der Waals surface area contributed by atoms with Gasteiger partial charge in [-0.2, -0.15) is 0 Å². The molecule has 0 radical (unpaired) electrons. The van der Waals surface area contributed by atoms with Gasteiger partial charge in [0.05, 0.1) is 6.54 Å². The minimum atomic E-state index is 0. The van der Waals surface area contributed by atoms with Gasteiger partial charge in [0.2, 0.25) is 5.91 Å². The number of terminal acetylenes is 1. The van der Waals surface area contributed by atoms with Crippen molar-refractivity contribution in [2.24, 2.45) is 4.99 Å². The van der Waals surface area contributed by atoms with Gasteiger partial charge in [0.25, 0.3) is 0 Å². The van der Waals surface area contributed by atoms with Crippen LogP contribution in [0.25, 0.3) is 0 Å². The van der Waals surface area contributed by atoms with E-state index in [-0.39, 0.29) is 36.5 Å². The normalized spacial score (nSPS) is 17.4. The molecule has 1 N–H and O–H groups in total. The lowest BCUT2D eigenvalue weighted by Gasteiger charge is -2.36. The monoisotopic (exact) mass is 468 g/mol. The first kappa shape index (κ1) is 20.4. The topological polar surface area (TPSA) is 57.2 Å². The van der Waals surface area contributed by atoms with Crippen LogP contribution < -0.4 is 10.1 Å². The lowest BCUT2D eigenvalue weighted by atomic mass is 10.2. The molecule has 6 nitrogen and oxygen atoms in total. The highest BCUT2D eigenvalue weighted by atomic mass is 127. The summed E-state index contributed by atoms with van der Waals surface area (Å²) in [5.74, 6) is 4.16. The van der Waals surface area contributed by atoms with Crippen LogP contribution in [0.5, 0.6) is 5.75 Å². The number of aliphatic imine (C=N–C) groups is 1. The zero-order chi connectivity index (χ0) is 17.6. The van der Waals surface area contributed by atoms with Crippen LogP contribution in [0.1, 0.15) is 18.4 Å². The van der Waals surface area contributed by atoms with Crippen molar-refractivity contribution >= 4 is 35.8 Å². The van der Waals surface area contributed by atoms with E-state index in [1.54, 1.807) is 7.05 Å². The van der Waals surface area contributed by atoms with Crippen molar-refractivity contribution in [2.75, 3.05) is 33.3 Å². The lowest BCUT2D eigenvalue weighted by molar-refractivity contribution is -0.135. The van der Waals surface area contributed by atoms with Gasteiger partial charge in [-0.3, -0.25) is 9.79 Å². The van der Waals surface area contributed by atoms with Gasteiger partial charge < -0.3 is 19.9 Å². The van der Waals surface area contributed by atoms with E-state index in [2.05, 4.69) is 16.2 Å². The summed E-state index contributed by atoms with van der Waals surface area (Å²) in [6, 6.07) is 8.24. The molecule has 0 atom stereocenters. The predicted octanol–water partition coefficient (Wildman–Crippen LogP) is 1.70. The highest BCUT2D eigenvalue weighted by molar-refractivity contribution is 14.0. The third-order valence-electron chi connectivity index (χ3n) is 4.48. The molecule has 1 saturated heterocycles. The Kier molecular flexibility index (Phi) is 7.57. The number of benzene rings is 1. The molecule has 1 aromatic carbocycles. The quantitative estimate of drug-likeness (QED) is 0.310. The van der Waals surface area contributed by atoms with Gasteiger partial charge in [-0.1, -0.05) is 24.1 Å². The average Bonchev–Trinajstić information content (AvgIpc) is 3.46. The van der Waals surface area contributed by atoms with E-state index < -0.39 is 0 Å². The van der Waals surface area contributed by atoms with E-state index >= 15 is 0 Å². The molecular formula is C19H25IN4O2. The number of nitrogens with zero attached hydrogens (tertiary/aromatic N) is 3. The van der Waals surface area contributed by atoms with Crippen LogP contribution in [0.15, 0.2) is 29.3 Å². The van der Waals surface area contributed by atoms with Crippen molar-refractivity contribution in [1.29, 1.82) is 0 Å². The maximum absolute atomic E-state index is 12.3. The third-order valence-corrected chi connectivity index (χ3v) is 4.48. The molecule has 0 aromatic heterocycles. The lowest BCUT2D eigenvalue weighted by Crippen LogP contribution is -2.55. The second-order valence-corrected chi connectivity index (χ2v) is 6.24. The fraction of sp³-hybridized carbons (Fsp3) is 0.474. The van der Waals surface area contributed by atoms with Gasteiger partial charge in [0.15, 0.2) is 5.96 Å². The van der Waals surface area contributed by atoms with Crippen molar-refractivity contribution in [3.8, 4) is 18.1 Å². The fourth-order valence-electron chi connectivity index (χ4n) is 3.06. The maximum Gasteiger partial charge on any atom is 0.242 e. The van der Waals surface area contributed by atoms with E-state index in [0.717, 1.165) is 43.2 Å². The van der Waals surface area contributed by atoms with E-state index in [1.807, 2.05) is 34.1 Å². The van der Waals surface area contributed by atoms with E-state index in [1.165, 1.54) is 0 Å². The number of carbonyl (C=O) groups excluding carboxylic acids is 1. The molecule has 0 bridgehead atoms. The summed E-state index contributed by atoms with van der Waals surface area (Å²) in [4.78, 5) is 20.7. The Hall–Kier alpha value is -1.95. The molecule has 3 rings (SSSR count). The number of piperazine rings is 1. The molecular weight excluding hydrogens is 443 g/mol. The van der Waals surface area contributed by atoms with E-state index in [9.17, 15) is 4.79 Å². The summed E-state index contributed by atoms with van der Waals surface area (Å²) in [7, 11) is 1.74. The number of hydrogen-bond acceptors (Lipinski definition) is 3. The van der Waals surface area contributed by atoms with Gasteiger partial charge >= 0.3 is 0 Å². The first-order valence-electron chi connectivity index (χ1n) is 8.62. The molecule has 140 valence electrons. The summed E-state index contributed by atoms with van der Waals surface area (Å²) >= 11 is 0.